The Hall–Kier alpha value is -1.00. The van der Waals surface area contributed by atoms with Gasteiger partial charge in [-0.2, -0.15) is 5.26 Å². The summed E-state index contributed by atoms with van der Waals surface area (Å²) in [6.45, 7) is 2.16. The summed E-state index contributed by atoms with van der Waals surface area (Å²) >= 11 is 5.89. The van der Waals surface area contributed by atoms with Crippen molar-refractivity contribution in [3.8, 4) is 6.07 Å². The first-order valence-corrected chi connectivity index (χ1v) is 4.84. The number of hydrogen-bond acceptors (Lipinski definition) is 1. The molecule has 0 saturated carbocycles. The molecule has 0 saturated heterocycles. The summed E-state index contributed by atoms with van der Waals surface area (Å²) in [6, 6.07) is 7.69. The molecule has 0 unspecified atom stereocenters. The third-order valence-corrected chi connectivity index (χ3v) is 2.29. The normalized spacial score (nSPS) is 9.62. The molecule has 0 atom stereocenters. The Labute approximate surface area is 84.0 Å². The fraction of sp³-hybridized carbons (Fsp3) is 0.364. The van der Waals surface area contributed by atoms with Gasteiger partial charge < -0.3 is 0 Å². The van der Waals surface area contributed by atoms with Gasteiger partial charge in [0, 0.05) is 0 Å². The third kappa shape index (κ3) is 2.75. The van der Waals surface area contributed by atoms with Crippen LogP contribution in [0, 0.1) is 11.3 Å². The Morgan fingerprint density at radius 2 is 2.23 bits per heavy atom. The van der Waals surface area contributed by atoms with Gasteiger partial charge in [-0.15, -0.1) is 0 Å². The Balaban J connectivity index is 2.79. The molecule has 0 fully saturated rings. The summed E-state index contributed by atoms with van der Waals surface area (Å²) in [5.74, 6) is 0. The van der Waals surface area contributed by atoms with Crippen molar-refractivity contribution in [1.82, 2.24) is 0 Å². The molecule has 0 bridgehead atoms. The fourth-order valence-electron chi connectivity index (χ4n) is 1.19. The Morgan fingerprint density at radius 3 is 2.77 bits per heavy atom. The first-order valence-electron chi connectivity index (χ1n) is 4.46. The number of unbranched alkanes of at least 4 members (excludes halogenated alkanes) is 1. The van der Waals surface area contributed by atoms with E-state index in [0.717, 1.165) is 6.42 Å². The second kappa shape index (κ2) is 4.89. The largest absolute Gasteiger partial charge is 0.192 e. The van der Waals surface area contributed by atoms with Crippen LogP contribution in [0.2, 0.25) is 5.02 Å². The molecule has 0 amide bonds. The number of benzene rings is 1. The molecule has 13 heavy (non-hydrogen) atoms. The first kappa shape index (κ1) is 10.1. The van der Waals surface area contributed by atoms with Gasteiger partial charge in [0.2, 0.25) is 0 Å². The van der Waals surface area contributed by atoms with Gasteiger partial charge in [0.15, 0.2) is 0 Å². The van der Waals surface area contributed by atoms with E-state index in [4.69, 9.17) is 16.9 Å². The van der Waals surface area contributed by atoms with E-state index in [0.29, 0.717) is 10.6 Å². The maximum atomic E-state index is 8.65. The lowest BCUT2D eigenvalue weighted by atomic mass is 10.1. The molecule has 0 spiro atoms. The van der Waals surface area contributed by atoms with E-state index in [9.17, 15) is 0 Å². The summed E-state index contributed by atoms with van der Waals surface area (Å²) < 4.78 is 0. The number of nitriles is 1. The predicted molar refractivity (Wildman–Crippen MR) is 54.8 cm³/mol. The molecule has 0 aliphatic heterocycles. The van der Waals surface area contributed by atoms with Crippen LogP contribution in [0.3, 0.4) is 0 Å². The van der Waals surface area contributed by atoms with Crippen LogP contribution < -0.4 is 0 Å². The van der Waals surface area contributed by atoms with Gasteiger partial charge >= 0.3 is 0 Å². The van der Waals surface area contributed by atoms with Gasteiger partial charge in [0.25, 0.3) is 0 Å². The molecule has 0 radical (unpaired) electrons. The van der Waals surface area contributed by atoms with Crippen molar-refractivity contribution in [2.24, 2.45) is 0 Å². The highest BCUT2D eigenvalue weighted by Crippen LogP contribution is 2.18. The Morgan fingerprint density at radius 1 is 1.46 bits per heavy atom. The average molecular weight is 194 g/mol. The molecule has 0 heterocycles. The Kier molecular flexibility index (Phi) is 3.79. The van der Waals surface area contributed by atoms with Gasteiger partial charge in [-0.25, -0.2) is 0 Å². The molecular formula is C11H12ClN. The SMILES string of the molecule is CCCCc1ccc(C#N)c(Cl)c1. The maximum Gasteiger partial charge on any atom is 0.101 e. The number of hydrogen-bond donors (Lipinski definition) is 0. The minimum atomic E-state index is 0.557. The highest BCUT2D eigenvalue weighted by atomic mass is 35.5. The van der Waals surface area contributed by atoms with Crippen molar-refractivity contribution in [1.29, 1.82) is 5.26 Å². The molecule has 0 aromatic heterocycles. The van der Waals surface area contributed by atoms with Crippen molar-refractivity contribution < 1.29 is 0 Å². The molecule has 0 aliphatic rings. The van der Waals surface area contributed by atoms with Crippen molar-refractivity contribution in [2.75, 3.05) is 0 Å². The van der Waals surface area contributed by atoms with E-state index in [1.165, 1.54) is 18.4 Å². The van der Waals surface area contributed by atoms with Crippen molar-refractivity contribution in [2.45, 2.75) is 26.2 Å². The van der Waals surface area contributed by atoms with E-state index in [1.54, 1.807) is 6.07 Å². The first-order chi connectivity index (χ1) is 6.27. The molecular weight excluding hydrogens is 182 g/mol. The van der Waals surface area contributed by atoms with Crippen LogP contribution in [0.1, 0.15) is 30.9 Å². The van der Waals surface area contributed by atoms with E-state index < -0.39 is 0 Å². The van der Waals surface area contributed by atoms with Crippen molar-refractivity contribution >= 4 is 11.6 Å². The number of aryl methyl sites for hydroxylation is 1. The Bertz CT molecular complexity index is 325. The van der Waals surface area contributed by atoms with Crippen LogP contribution in [0.25, 0.3) is 0 Å². The van der Waals surface area contributed by atoms with E-state index >= 15 is 0 Å². The molecule has 1 aromatic rings. The smallest absolute Gasteiger partial charge is 0.101 e. The fourth-order valence-corrected chi connectivity index (χ4v) is 1.43. The van der Waals surface area contributed by atoms with Crippen LogP contribution in [-0.2, 0) is 6.42 Å². The highest BCUT2D eigenvalue weighted by molar-refractivity contribution is 6.31. The zero-order chi connectivity index (χ0) is 9.68. The number of nitrogens with zero attached hydrogens (tertiary/aromatic N) is 1. The molecule has 0 N–H and O–H groups in total. The number of rotatable bonds is 3. The lowest BCUT2D eigenvalue weighted by Crippen LogP contribution is -1.86. The second-order valence-electron chi connectivity index (χ2n) is 3.03. The quantitative estimate of drug-likeness (QED) is 0.720. The summed E-state index contributed by atoms with van der Waals surface area (Å²) in [4.78, 5) is 0. The molecule has 2 heteroatoms. The van der Waals surface area contributed by atoms with Gasteiger partial charge in [-0.1, -0.05) is 31.0 Å². The van der Waals surface area contributed by atoms with Crippen LogP contribution in [-0.4, -0.2) is 0 Å². The van der Waals surface area contributed by atoms with E-state index in [1.807, 2.05) is 18.2 Å². The summed E-state index contributed by atoms with van der Waals surface area (Å²) in [5.41, 5.74) is 1.77. The minimum absolute atomic E-state index is 0.557. The molecule has 68 valence electrons. The van der Waals surface area contributed by atoms with E-state index in [2.05, 4.69) is 6.92 Å². The van der Waals surface area contributed by atoms with Gasteiger partial charge in [-0.05, 0) is 30.5 Å². The zero-order valence-corrected chi connectivity index (χ0v) is 8.43. The van der Waals surface area contributed by atoms with Gasteiger partial charge in [-0.3, -0.25) is 0 Å². The highest BCUT2D eigenvalue weighted by Gasteiger charge is 1.99. The lowest BCUT2D eigenvalue weighted by Gasteiger charge is -2.01. The zero-order valence-electron chi connectivity index (χ0n) is 7.68. The maximum absolute atomic E-state index is 8.65. The monoisotopic (exact) mass is 193 g/mol. The molecule has 1 nitrogen and oxygen atoms in total. The van der Waals surface area contributed by atoms with Crippen LogP contribution in [0.5, 0.6) is 0 Å². The van der Waals surface area contributed by atoms with Crippen LogP contribution in [0.15, 0.2) is 18.2 Å². The molecule has 1 aromatic carbocycles. The standard InChI is InChI=1S/C11H12ClN/c1-2-3-4-9-5-6-10(8-13)11(12)7-9/h5-7H,2-4H2,1H3. The van der Waals surface area contributed by atoms with Gasteiger partial charge in [0.05, 0.1) is 10.6 Å². The third-order valence-electron chi connectivity index (χ3n) is 1.97. The van der Waals surface area contributed by atoms with E-state index in [-0.39, 0.29) is 0 Å². The second-order valence-corrected chi connectivity index (χ2v) is 3.44. The van der Waals surface area contributed by atoms with Crippen LogP contribution >= 0.6 is 11.6 Å². The molecule has 0 aliphatic carbocycles. The van der Waals surface area contributed by atoms with Crippen molar-refractivity contribution in [3.05, 3.63) is 34.3 Å². The minimum Gasteiger partial charge on any atom is -0.192 e. The van der Waals surface area contributed by atoms with Crippen LogP contribution in [0.4, 0.5) is 0 Å². The number of halogens is 1. The van der Waals surface area contributed by atoms with Crippen molar-refractivity contribution in [3.63, 3.8) is 0 Å². The predicted octanol–water partition coefficient (Wildman–Crippen LogP) is 3.55. The summed E-state index contributed by atoms with van der Waals surface area (Å²) in [7, 11) is 0. The average Bonchev–Trinajstić information content (AvgIpc) is 2.15. The summed E-state index contributed by atoms with van der Waals surface area (Å²) in [5, 5.41) is 9.22. The topological polar surface area (TPSA) is 23.8 Å². The summed E-state index contributed by atoms with van der Waals surface area (Å²) in [6.07, 6.45) is 3.39. The van der Waals surface area contributed by atoms with Gasteiger partial charge in [0.1, 0.15) is 6.07 Å². The molecule has 1 rings (SSSR count). The lowest BCUT2D eigenvalue weighted by molar-refractivity contribution is 0.795.